The second-order valence-electron chi connectivity index (χ2n) is 10.2. The Morgan fingerprint density at radius 3 is 2.57 bits per heavy atom. The van der Waals surface area contributed by atoms with Gasteiger partial charge in [-0.2, -0.15) is 5.10 Å². The highest BCUT2D eigenvalue weighted by Crippen LogP contribution is 2.32. The number of hydrogen-bond donors (Lipinski definition) is 4. The predicted molar refractivity (Wildman–Crippen MR) is 169 cm³/mol. The van der Waals surface area contributed by atoms with E-state index in [9.17, 15) is 14.4 Å². The Kier molecular flexibility index (Phi) is 10.5. The van der Waals surface area contributed by atoms with Crippen molar-refractivity contribution in [3.8, 4) is 11.3 Å². The molecule has 218 valence electrons. The minimum Gasteiger partial charge on any atom is -0.354 e. The first-order valence-electron chi connectivity index (χ1n) is 13.8. The molecule has 0 fully saturated rings. The molecule has 9 nitrogen and oxygen atoms in total. The Hall–Kier alpha value is -4.47. The molecule has 10 heteroatoms. The van der Waals surface area contributed by atoms with Gasteiger partial charge in [0, 0.05) is 47.3 Å². The van der Waals surface area contributed by atoms with E-state index in [0.29, 0.717) is 59.8 Å². The summed E-state index contributed by atoms with van der Waals surface area (Å²) in [6.45, 7) is 4.60. The Morgan fingerprint density at radius 1 is 1.00 bits per heavy atom. The number of fused-ring (bicyclic) bond motifs is 1. The molecule has 0 atom stereocenters. The third-order valence-corrected chi connectivity index (χ3v) is 6.92. The first-order chi connectivity index (χ1) is 20.2. The molecular weight excluding hydrogens is 552 g/mol. The lowest BCUT2D eigenvalue weighted by Crippen LogP contribution is -2.25. The summed E-state index contributed by atoms with van der Waals surface area (Å²) in [7, 11) is 3.92. The van der Waals surface area contributed by atoms with Crippen molar-refractivity contribution < 1.29 is 14.4 Å². The molecule has 0 radical (unpaired) electrons. The van der Waals surface area contributed by atoms with Crippen molar-refractivity contribution in [1.82, 2.24) is 20.4 Å². The molecule has 0 spiro atoms. The van der Waals surface area contributed by atoms with E-state index < -0.39 is 0 Å². The lowest BCUT2D eigenvalue weighted by atomic mass is 10.0. The van der Waals surface area contributed by atoms with E-state index in [0.717, 1.165) is 28.8 Å². The van der Waals surface area contributed by atoms with Gasteiger partial charge in [-0.3, -0.25) is 19.5 Å². The zero-order valence-electron chi connectivity index (χ0n) is 23.8. The van der Waals surface area contributed by atoms with Gasteiger partial charge in [-0.25, -0.2) is 0 Å². The van der Waals surface area contributed by atoms with Crippen molar-refractivity contribution in [2.75, 3.05) is 37.8 Å². The second-order valence-corrected chi connectivity index (χ2v) is 10.6. The molecule has 1 aromatic heterocycles. The molecule has 0 aliphatic heterocycles. The summed E-state index contributed by atoms with van der Waals surface area (Å²) in [5.74, 6) is -0.510. The lowest BCUT2D eigenvalue weighted by molar-refractivity contribution is -0.116. The highest BCUT2D eigenvalue weighted by molar-refractivity contribution is 6.33. The fraction of sp³-hybridized carbons (Fsp3) is 0.250. The van der Waals surface area contributed by atoms with Crippen LogP contribution in [0.2, 0.25) is 5.02 Å². The monoisotopic (exact) mass is 586 g/mol. The van der Waals surface area contributed by atoms with Crippen molar-refractivity contribution in [1.29, 1.82) is 0 Å². The largest absolute Gasteiger partial charge is 0.354 e. The zero-order chi connectivity index (χ0) is 30.1. The first kappa shape index (κ1) is 30.5. The van der Waals surface area contributed by atoms with Crippen molar-refractivity contribution in [2.24, 2.45) is 0 Å². The van der Waals surface area contributed by atoms with Gasteiger partial charge in [-0.05, 0) is 88.1 Å². The van der Waals surface area contributed by atoms with Gasteiger partial charge < -0.3 is 20.9 Å². The number of para-hydroxylation sites is 1. The summed E-state index contributed by atoms with van der Waals surface area (Å²) in [5.41, 5.74) is 4.60. The van der Waals surface area contributed by atoms with Gasteiger partial charge >= 0.3 is 0 Å². The topological polar surface area (TPSA) is 119 Å². The molecule has 0 aliphatic carbocycles. The van der Waals surface area contributed by atoms with E-state index in [2.05, 4.69) is 32.7 Å². The molecule has 0 bridgehead atoms. The van der Waals surface area contributed by atoms with Gasteiger partial charge in [0.1, 0.15) is 0 Å². The van der Waals surface area contributed by atoms with E-state index in [1.165, 1.54) is 6.08 Å². The van der Waals surface area contributed by atoms with E-state index in [1.54, 1.807) is 12.1 Å². The zero-order valence-corrected chi connectivity index (χ0v) is 24.6. The van der Waals surface area contributed by atoms with Crippen LogP contribution in [-0.4, -0.2) is 59.9 Å². The third-order valence-electron chi connectivity index (χ3n) is 6.59. The van der Waals surface area contributed by atoms with Crippen molar-refractivity contribution in [3.05, 3.63) is 83.9 Å². The van der Waals surface area contributed by atoms with Crippen LogP contribution >= 0.6 is 11.6 Å². The fourth-order valence-electron chi connectivity index (χ4n) is 4.45. The maximum Gasteiger partial charge on any atom is 0.251 e. The number of carbonyl (C=O) groups excluding carboxylic acids is 3. The van der Waals surface area contributed by atoms with Gasteiger partial charge in [0.2, 0.25) is 5.91 Å². The van der Waals surface area contributed by atoms with Crippen LogP contribution in [0, 0.1) is 0 Å². The van der Waals surface area contributed by atoms with Crippen LogP contribution in [0.15, 0.2) is 73.3 Å². The van der Waals surface area contributed by atoms with Crippen LogP contribution in [0.25, 0.3) is 22.2 Å². The number of H-pyrrole nitrogens is 1. The van der Waals surface area contributed by atoms with Crippen LogP contribution < -0.4 is 16.0 Å². The Balaban J connectivity index is 1.59. The van der Waals surface area contributed by atoms with Crippen LogP contribution in [-0.2, 0) is 9.59 Å². The number of benzene rings is 3. The molecule has 4 N–H and O–H groups in total. The smallest absolute Gasteiger partial charge is 0.251 e. The number of rotatable bonds is 14. The molecule has 1 heterocycles. The highest BCUT2D eigenvalue weighted by Gasteiger charge is 2.16. The second kappa shape index (κ2) is 14.4. The molecule has 4 aromatic rings. The Morgan fingerprint density at radius 2 is 1.81 bits per heavy atom. The van der Waals surface area contributed by atoms with Crippen LogP contribution in [0.1, 0.15) is 36.0 Å². The van der Waals surface area contributed by atoms with Gasteiger partial charge in [0.05, 0.1) is 21.9 Å². The van der Waals surface area contributed by atoms with E-state index in [4.69, 9.17) is 11.6 Å². The predicted octanol–water partition coefficient (Wildman–Crippen LogP) is 6.17. The summed E-state index contributed by atoms with van der Waals surface area (Å²) in [6, 6.07) is 18.5. The number of hydrogen-bond acceptors (Lipinski definition) is 6. The molecule has 0 saturated heterocycles. The minimum absolute atomic E-state index is 0.0684. The summed E-state index contributed by atoms with van der Waals surface area (Å²) < 4.78 is 0. The number of anilines is 3. The van der Waals surface area contributed by atoms with Crippen molar-refractivity contribution >= 4 is 57.2 Å². The molecule has 4 rings (SSSR count). The number of nitrogens with one attached hydrogen (secondary N) is 4. The average Bonchev–Trinajstić information content (AvgIpc) is 3.39. The van der Waals surface area contributed by atoms with Gasteiger partial charge in [-0.15, -0.1) is 0 Å². The number of halogens is 1. The number of aromatic nitrogens is 2. The summed E-state index contributed by atoms with van der Waals surface area (Å²) in [6.07, 6.45) is 3.16. The van der Waals surface area contributed by atoms with Crippen LogP contribution in [0.5, 0.6) is 0 Å². The standard InChI is InChI=1S/C32H35ClN6O3/c1-4-25(40)9-7-15-34-32(42)22-17-21(18-24(19-22)36-30(41)12-8-16-39(2)3)31-26-14-13-23(20-29(26)37-38-31)35-28-11-6-5-10-27(28)33/h4-6,10-11,13-14,17-20,35H,1,7-9,12,15-16H2,2-3H3,(H,34,42)(H,36,41)(H,37,38). The summed E-state index contributed by atoms with van der Waals surface area (Å²) >= 11 is 6.30. The quantitative estimate of drug-likeness (QED) is 0.104. The molecular formula is C32H35ClN6O3. The summed E-state index contributed by atoms with van der Waals surface area (Å²) in [4.78, 5) is 39.3. The Bertz CT molecular complexity index is 1600. The first-order valence-corrected chi connectivity index (χ1v) is 14.1. The maximum absolute atomic E-state index is 13.1. The molecule has 0 unspecified atom stereocenters. The number of carbonyl (C=O) groups is 3. The van der Waals surface area contributed by atoms with Gasteiger partial charge in [0.25, 0.3) is 5.91 Å². The van der Waals surface area contributed by atoms with Crippen LogP contribution in [0.3, 0.4) is 0 Å². The minimum atomic E-state index is -0.308. The number of nitrogens with zero attached hydrogens (tertiary/aromatic N) is 2. The van der Waals surface area contributed by atoms with E-state index >= 15 is 0 Å². The molecule has 0 aliphatic rings. The summed E-state index contributed by atoms with van der Waals surface area (Å²) in [5, 5.41) is 18.2. The lowest BCUT2D eigenvalue weighted by Gasteiger charge is -2.12. The number of ketones is 1. The van der Waals surface area contributed by atoms with E-state index in [1.807, 2.05) is 67.5 Å². The number of aromatic amines is 1. The molecule has 0 saturated carbocycles. The van der Waals surface area contributed by atoms with Crippen molar-refractivity contribution in [3.63, 3.8) is 0 Å². The molecule has 2 amide bonds. The fourth-order valence-corrected chi connectivity index (χ4v) is 4.63. The highest BCUT2D eigenvalue weighted by atomic mass is 35.5. The number of allylic oxidation sites excluding steroid dienone is 1. The number of amides is 2. The van der Waals surface area contributed by atoms with Crippen LogP contribution in [0.4, 0.5) is 17.1 Å². The average molecular weight is 587 g/mol. The molecule has 42 heavy (non-hydrogen) atoms. The normalized spacial score (nSPS) is 11.0. The SMILES string of the molecule is C=CC(=O)CCCNC(=O)c1cc(NC(=O)CCCN(C)C)cc(-c2n[nH]c3cc(Nc4ccccc4Cl)ccc23)c1. The van der Waals surface area contributed by atoms with Crippen molar-refractivity contribution in [2.45, 2.75) is 25.7 Å². The van der Waals surface area contributed by atoms with Gasteiger partial charge in [-0.1, -0.05) is 30.3 Å². The third kappa shape index (κ3) is 8.28. The maximum atomic E-state index is 13.1. The van der Waals surface area contributed by atoms with E-state index in [-0.39, 0.29) is 17.6 Å². The molecule has 3 aromatic carbocycles. The Labute approximate surface area is 250 Å². The van der Waals surface area contributed by atoms with Gasteiger partial charge in [0.15, 0.2) is 5.78 Å².